The zero-order valence-corrected chi connectivity index (χ0v) is 13.5. The maximum absolute atomic E-state index is 12.3. The number of rotatable bonds is 3. The monoisotopic (exact) mass is 331 g/mol. The summed E-state index contributed by atoms with van der Waals surface area (Å²) >= 11 is 1.59. The van der Waals surface area contributed by atoms with Crippen LogP contribution in [0, 0.1) is 0 Å². The zero-order valence-electron chi connectivity index (χ0n) is 12.6. The van der Waals surface area contributed by atoms with Gasteiger partial charge in [0.1, 0.15) is 4.83 Å². The molecule has 0 fully saturated rings. The minimum Gasteiger partial charge on any atom is -0.322 e. The molecule has 2 aromatic heterocycles. The predicted molar refractivity (Wildman–Crippen MR) is 97.2 cm³/mol. The molecule has 1 amide bonds. The van der Waals surface area contributed by atoms with Crippen molar-refractivity contribution in [2.75, 3.05) is 5.32 Å². The summed E-state index contributed by atoms with van der Waals surface area (Å²) in [6.07, 6.45) is 1.82. The number of carbonyl (C=O) groups is 1. The average molecular weight is 331 g/mol. The first-order valence-corrected chi connectivity index (χ1v) is 8.35. The molecule has 0 saturated heterocycles. The Morgan fingerprint density at radius 1 is 1.00 bits per heavy atom. The van der Waals surface area contributed by atoms with Crippen LogP contribution >= 0.6 is 11.3 Å². The van der Waals surface area contributed by atoms with Crippen LogP contribution in [0.3, 0.4) is 0 Å². The van der Waals surface area contributed by atoms with Gasteiger partial charge in [-0.1, -0.05) is 30.3 Å². The summed E-state index contributed by atoms with van der Waals surface area (Å²) in [5.41, 5.74) is 2.21. The first-order valence-electron chi connectivity index (χ1n) is 7.47. The molecule has 4 nitrogen and oxygen atoms in total. The van der Waals surface area contributed by atoms with Crippen molar-refractivity contribution in [1.29, 1.82) is 0 Å². The predicted octanol–water partition coefficient (Wildman–Crippen LogP) is 4.61. The zero-order chi connectivity index (χ0) is 16.4. The highest BCUT2D eigenvalue weighted by molar-refractivity contribution is 7.16. The van der Waals surface area contributed by atoms with E-state index in [0.717, 1.165) is 21.5 Å². The van der Waals surface area contributed by atoms with Crippen LogP contribution in [0.25, 0.3) is 21.6 Å². The summed E-state index contributed by atoms with van der Waals surface area (Å²) in [4.78, 5) is 22.2. The minimum atomic E-state index is -0.137. The van der Waals surface area contributed by atoms with Gasteiger partial charge in [0, 0.05) is 28.4 Å². The highest BCUT2D eigenvalue weighted by Gasteiger charge is 2.08. The number of nitrogens with one attached hydrogen (secondary N) is 1. The number of aromatic nitrogens is 2. The Hall–Kier alpha value is -3.05. The van der Waals surface area contributed by atoms with Gasteiger partial charge in [0.15, 0.2) is 5.82 Å². The molecule has 0 saturated carbocycles. The van der Waals surface area contributed by atoms with Gasteiger partial charge < -0.3 is 5.32 Å². The van der Waals surface area contributed by atoms with E-state index < -0.39 is 0 Å². The van der Waals surface area contributed by atoms with Crippen LogP contribution < -0.4 is 5.32 Å². The lowest BCUT2D eigenvalue weighted by molar-refractivity contribution is 0.102. The first-order chi connectivity index (χ1) is 11.8. The van der Waals surface area contributed by atoms with Gasteiger partial charge in [-0.25, -0.2) is 9.97 Å². The van der Waals surface area contributed by atoms with Crippen LogP contribution in [0.1, 0.15) is 10.4 Å². The number of hydrogen-bond acceptors (Lipinski definition) is 4. The summed E-state index contributed by atoms with van der Waals surface area (Å²) in [7, 11) is 0. The number of carbonyl (C=O) groups excluding carboxylic acids is 1. The van der Waals surface area contributed by atoms with Gasteiger partial charge in [0.25, 0.3) is 5.91 Å². The topological polar surface area (TPSA) is 54.9 Å². The van der Waals surface area contributed by atoms with Crippen molar-refractivity contribution < 1.29 is 4.79 Å². The number of thiophene rings is 1. The lowest BCUT2D eigenvalue weighted by Crippen LogP contribution is -2.11. The number of fused-ring (bicyclic) bond motifs is 1. The summed E-state index contributed by atoms with van der Waals surface area (Å²) in [6.45, 7) is 0. The Bertz CT molecular complexity index is 1010. The first kappa shape index (κ1) is 14.5. The molecule has 0 aliphatic rings. The van der Waals surface area contributed by atoms with Gasteiger partial charge in [-0.15, -0.1) is 11.3 Å². The molecule has 0 spiro atoms. The van der Waals surface area contributed by atoms with Crippen LogP contribution in [-0.2, 0) is 0 Å². The third kappa shape index (κ3) is 2.89. The van der Waals surface area contributed by atoms with E-state index in [1.54, 1.807) is 23.5 Å². The molecule has 0 bridgehead atoms. The summed E-state index contributed by atoms with van der Waals surface area (Å²) in [5.74, 6) is 0.517. The van der Waals surface area contributed by atoms with E-state index in [-0.39, 0.29) is 5.91 Å². The van der Waals surface area contributed by atoms with E-state index in [1.807, 2.05) is 60.1 Å². The molecule has 24 heavy (non-hydrogen) atoms. The van der Waals surface area contributed by atoms with Crippen LogP contribution in [-0.4, -0.2) is 15.9 Å². The Labute approximate surface area is 142 Å². The number of benzene rings is 2. The van der Waals surface area contributed by atoms with Crippen LogP contribution in [0.2, 0.25) is 0 Å². The molecule has 2 heterocycles. The van der Waals surface area contributed by atoms with Crippen molar-refractivity contribution in [1.82, 2.24) is 9.97 Å². The van der Waals surface area contributed by atoms with Gasteiger partial charge >= 0.3 is 0 Å². The lowest BCUT2D eigenvalue weighted by Gasteiger charge is -2.07. The Kier molecular flexibility index (Phi) is 3.76. The highest BCUT2D eigenvalue weighted by atomic mass is 32.1. The van der Waals surface area contributed by atoms with Crippen molar-refractivity contribution in [2.45, 2.75) is 0 Å². The van der Waals surface area contributed by atoms with Gasteiger partial charge in [0.2, 0.25) is 0 Å². The molecule has 4 rings (SSSR count). The van der Waals surface area contributed by atoms with Gasteiger partial charge in [-0.05, 0) is 35.7 Å². The molecule has 2 aromatic carbocycles. The molecule has 4 aromatic rings. The van der Waals surface area contributed by atoms with Crippen LogP contribution in [0.5, 0.6) is 0 Å². The molecule has 1 N–H and O–H groups in total. The molecule has 0 atom stereocenters. The Balaban J connectivity index is 1.62. The van der Waals surface area contributed by atoms with Crippen molar-refractivity contribution in [3.05, 3.63) is 77.8 Å². The lowest BCUT2D eigenvalue weighted by atomic mass is 10.1. The van der Waals surface area contributed by atoms with Crippen molar-refractivity contribution in [3.8, 4) is 11.4 Å². The van der Waals surface area contributed by atoms with E-state index in [0.29, 0.717) is 11.4 Å². The van der Waals surface area contributed by atoms with Crippen LogP contribution in [0.15, 0.2) is 72.2 Å². The second-order valence-electron chi connectivity index (χ2n) is 5.28. The number of hydrogen-bond donors (Lipinski definition) is 1. The molecule has 0 radical (unpaired) electrons. The van der Waals surface area contributed by atoms with Gasteiger partial charge in [0.05, 0.1) is 0 Å². The van der Waals surface area contributed by atoms with Crippen molar-refractivity contribution in [3.63, 3.8) is 0 Å². The Morgan fingerprint density at radius 2 is 1.88 bits per heavy atom. The van der Waals surface area contributed by atoms with Crippen molar-refractivity contribution >= 4 is 33.1 Å². The fourth-order valence-corrected chi connectivity index (χ4v) is 3.16. The third-order valence-electron chi connectivity index (χ3n) is 3.62. The van der Waals surface area contributed by atoms with Crippen LogP contribution in [0.4, 0.5) is 5.69 Å². The van der Waals surface area contributed by atoms with E-state index in [9.17, 15) is 4.79 Å². The fourth-order valence-electron chi connectivity index (χ4n) is 2.42. The highest BCUT2D eigenvalue weighted by Crippen LogP contribution is 2.24. The molecule has 0 aliphatic heterocycles. The second-order valence-corrected chi connectivity index (χ2v) is 6.17. The van der Waals surface area contributed by atoms with E-state index in [2.05, 4.69) is 15.3 Å². The molecule has 116 valence electrons. The average Bonchev–Trinajstić information content (AvgIpc) is 3.10. The quantitative estimate of drug-likeness (QED) is 0.596. The van der Waals surface area contributed by atoms with E-state index in [1.165, 1.54) is 0 Å². The number of nitrogens with zero attached hydrogens (tertiary/aromatic N) is 2. The van der Waals surface area contributed by atoms with E-state index >= 15 is 0 Å². The summed E-state index contributed by atoms with van der Waals surface area (Å²) < 4.78 is 0. The molecular weight excluding hydrogens is 318 g/mol. The third-order valence-corrected chi connectivity index (χ3v) is 4.44. The summed E-state index contributed by atoms with van der Waals surface area (Å²) in [5, 5.41) is 5.95. The maximum atomic E-state index is 12.3. The fraction of sp³-hybridized carbons (Fsp3) is 0. The summed E-state index contributed by atoms with van der Waals surface area (Å²) in [6, 6.07) is 18.7. The maximum Gasteiger partial charge on any atom is 0.255 e. The molecule has 0 aliphatic carbocycles. The molecule has 0 unspecified atom stereocenters. The van der Waals surface area contributed by atoms with E-state index in [4.69, 9.17) is 0 Å². The molecular formula is C19H13N3OS. The Morgan fingerprint density at radius 3 is 2.75 bits per heavy atom. The standard InChI is InChI=1S/C19H13N3OS/c23-18(13-5-2-1-3-6-13)21-16-8-4-7-14(11-16)17-20-12-15-9-10-24-19(15)22-17/h1-12H,(H,21,23). The normalized spacial score (nSPS) is 10.7. The SMILES string of the molecule is O=C(Nc1cccc(-c2ncc3ccsc3n2)c1)c1ccccc1. The number of anilines is 1. The molecule has 5 heteroatoms. The van der Waals surface area contributed by atoms with Gasteiger partial charge in [-0.2, -0.15) is 0 Å². The van der Waals surface area contributed by atoms with Gasteiger partial charge in [-0.3, -0.25) is 4.79 Å². The smallest absolute Gasteiger partial charge is 0.255 e. The minimum absolute atomic E-state index is 0.137. The largest absolute Gasteiger partial charge is 0.322 e. The number of amides is 1. The van der Waals surface area contributed by atoms with Crippen molar-refractivity contribution in [2.24, 2.45) is 0 Å². The second kappa shape index (κ2) is 6.22.